The Kier molecular flexibility index (Phi) is 9.87. The Morgan fingerprint density at radius 2 is 1.50 bits per heavy atom. The molecule has 0 aromatic rings. The van der Waals surface area contributed by atoms with Crippen LogP contribution < -0.4 is 16.0 Å². The number of rotatable bonds is 10. The maximum atomic E-state index is 11.9. The van der Waals surface area contributed by atoms with Gasteiger partial charge in [-0.05, 0) is 26.7 Å². The highest BCUT2D eigenvalue weighted by Gasteiger charge is 2.26. The largest absolute Gasteiger partial charge is 0.391 e. The first-order valence-electron chi connectivity index (χ1n) is 8.09. The molecule has 0 saturated carbocycles. The molecule has 0 fully saturated rings. The molecule has 4 N–H and O–H groups in total. The Hall–Kier alpha value is -1.96. The van der Waals surface area contributed by atoms with Gasteiger partial charge in [0.1, 0.15) is 12.5 Å². The van der Waals surface area contributed by atoms with Crippen LogP contribution in [-0.4, -0.2) is 53.3 Å². The quantitative estimate of drug-likeness (QED) is 0.398. The van der Waals surface area contributed by atoms with Crippen molar-refractivity contribution in [2.24, 2.45) is 5.92 Å². The fraction of sp³-hybridized carbons (Fsp3) is 0.750. The summed E-state index contributed by atoms with van der Waals surface area (Å²) in [6.07, 6.45) is -1.28. The van der Waals surface area contributed by atoms with E-state index in [9.17, 15) is 24.3 Å². The van der Waals surface area contributed by atoms with E-state index in [0.717, 1.165) is 0 Å². The Balaban J connectivity index is 4.40. The number of carbonyl (C=O) groups excluding carboxylic acids is 4. The molecule has 0 spiro atoms. The minimum Gasteiger partial charge on any atom is -0.391 e. The normalized spacial score (nSPS) is 13.3. The maximum Gasteiger partial charge on any atom is 0.245 e. The number of carbonyl (C=O) groups is 4. The predicted molar refractivity (Wildman–Crippen MR) is 89.0 cm³/mol. The first-order chi connectivity index (χ1) is 11.0. The number of hydrogen-bond donors (Lipinski definition) is 4. The summed E-state index contributed by atoms with van der Waals surface area (Å²) in [5.74, 6) is -1.76. The van der Waals surface area contributed by atoms with Gasteiger partial charge < -0.3 is 21.1 Å². The molecule has 8 heteroatoms. The third-order valence-electron chi connectivity index (χ3n) is 2.95. The lowest BCUT2D eigenvalue weighted by Crippen LogP contribution is -2.54. The second-order valence-electron chi connectivity index (χ2n) is 6.54. The van der Waals surface area contributed by atoms with Crippen LogP contribution in [0.15, 0.2) is 0 Å². The van der Waals surface area contributed by atoms with Gasteiger partial charge >= 0.3 is 0 Å². The zero-order valence-electron chi connectivity index (χ0n) is 15.0. The minimum atomic E-state index is -1.14. The van der Waals surface area contributed by atoms with Crippen LogP contribution >= 0.6 is 0 Å². The average molecular weight is 343 g/mol. The Bertz CT molecular complexity index is 461. The number of Topliss-reactive ketones (excluding diaryl/α,β-unsaturated/α-hetero) is 1. The molecule has 2 atom stereocenters. The van der Waals surface area contributed by atoms with Crippen molar-refractivity contribution in [2.45, 2.75) is 65.6 Å². The zero-order chi connectivity index (χ0) is 18.9. The summed E-state index contributed by atoms with van der Waals surface area (Å²) >= 11 is 0. The molecule has 0 aliphatic heterocycles. The molecule has 0 heterocycles. The van der Waals surface area contributed by atoms with Crippen LogP contribution in [0.25, 0.3) is 0 Å². The van der Waals surface area contributed by atoms with Gasteiger partial charge in [0.2, 0.25) is 17.7 Å². The van der Waals surface area contributed by atoms with Crippen LogP contribution in [0.2, 0.25) is 0 Å². The molecule has 0 rings (SSSR count). The van der Waals surface area contributed by atoms with E-state index < -0.39 is 36.3 Å². The second kappa shape index (κ2) is 10.7. The molecule has 0 aromatic carbocycles. The summed E-state index contributed by atoms with van der Waals surface area (Å²) < 4.78 is 0. The van der Waals surface area contributed by atoms with Crippen molar-refractivity contribution in [3.05, 3.63) is 0 Å². The van der Waals surface area contributed by atoms with Gasteiger partial charge in [-0.3, -0.25) is 19.2 Å². The van der Waals surface area contributed by atoms with Crippen molar-refractivity contribution in [3.63, 3.8) is 0 Å². The third-order valence-corrected chi connectivity index (χ3v) is 2.95. The van der Waals surface area contributed by atoms with Crippen LogP contribution in [-0.2, 0) is 19.2 Å². The third kappa shape index (κ3) is 9.94. The van der Waals surface area contributed by atoms with Crippen molar-refractivity contribution in [2.75, 3.05) is 6.54 Å². The number of amides is 3. The smallest absolute Gasteiger partial charge is 0.245 e. The minimum absolute atomic E-state index is 0.114. The highest BCUT2D eigenvalue weighted by Crippen LogP contribution is 1.99. The molecule has 2 unspecified atom stereocenters. The predicted octanol–water partition coefficient (Wildman–Crippen LogP) is -0.502. The zero-order valence-corrected chi connectivity index (χ0v) is 15.0. The molecule has 24 heavy (non-hydrogen) atoms. The fourth-order valence-electron chi connectivity index (χ4n) is 1.94. The molecule has 0 saturated heterocycles. The molecule has 0 aromatic heterocycles. The molecule has 0 aliphatic carbocycles. The highest BCUT2D eigenvalue weighted by molar-refractivity contribution is 6.00. The molecule has 138 valence electrons. The molecule has 0 bridgehead atoms. The summed E-state index contributed by atoms with van der Waals surface area (Å²) in [6, 6.07) is -1.29. The second-order valence-corrected chi connectivity index (χ2v) is 6.54. The maximum absolute atomic E-state index is 11.9. The molecule has 0 radical (unpaired) electrons. The summed E-state index contributed by atoms with van der Waals surface area (Å²) in [4.78, 5) is 46.9. The Morgan fingerprint density at radius 3 is 1.96 bits per heavy atom. The lowest BCUT2D eigenvalue weighted by Gasteiger charge is -2.22. The van der Waals surface area contributed by atoms with Gasteiger partial charge in [0, 0.05) is 12.5 Å². The standard InChI is InChI=1S/C16H29N3O5/c1-9(2)6-12(21)8-17-13(22)7-14(23)19-15(11(5)20)16(24)18-10(3)4/h9-11,15,20H,6-8H2,1-5H3,(H,17,22)(H,18,24)(H,19,23). The van der Waals surface area contributed by atoms with Gasteiger partial charge in [0.25, 0.3) is 0 Å². The Morgan fingerprint density at radius 1 is 0.917 bits per heavy atom. The van der Waals surface area contributed by atoms with E-state index in [1.165, 1.54) is 6.92 Å². The molecule has 0 aliphatic rings. The Labute approximate surface area is 142 Å². The van der Waals surface area contributed by atoms with E-state index in [1.807, 2.05) is 13.8 Å². The van der Waals surface area contributed by atoms with E-state index in [0.29, 0.717) is 6.42 Å². The van der Waals surface area contributed by atoms with Crippen LogP contribution in [0.4, 0.5) is 0 Å². The highest BCUT2D eigenvalue weighted by atomic mass is 16.3. The summed E-state index contributed by atoms with van der Waals surface area (Å²) in [6.45, 7) is 8.53. The van der Waals surface area contributed by atoms with Crippen LogP contribution in [0.5, 0.6) is 0 Å². The van der Waals surface area contributed by atoms with Crippen LogP contribution in [0.3, 0.4) is 0 Å². The van der Waals surface area contributed by atoms with Gasteiger partial charge in [0.15, 0.2) is 5.78 Å². The van der Waals surface area contributed by atoms with Crippen molar-refractivity contribution in [1.82, 2.24) is 16.0 Å². The van der Waals surface area contributed by atoms with Gasteiger partial charge in [-0.1, -0.05) is 13.8 Å². The van der Waals surface area contributed by atoms with Crippen molar-refractivity contribution in [1.29, 1.82) is 0 Å². The SMILES string of the molecule is CC(C)CC(=O)CNC(=O)CC(=O)NC(C(=O)NC(C)C)C(C)O. The van der Waals surface area contributed by atoms with Crippen molar-refractivity contribution >= 4 is 23.5 Å². The first-order valence-corrected chi connectivity index (χ1v) is 8.09. The van der Waals surface area contributed by atoms with Crippen LogP contribution in [0.1, 0.15) is 47.5 Å². The molecular formula is C16H29N3O5. The fourth-order valence-corrected chi connectivity index (χ4v) is 1.94. The molecule has 3 amide bonds. The molecule has 8 nitrogen and oxygen atoms in total. The van der Waals surface area contributed by atoms with E-state index in [-0.39, 0.29) is 24.3 Å². The summed E-state index contributed by atoms with van der Waals surface area (Å²) in [5.41, 5.74) is 0. The van der Waals surface area contributed by atoms with Gasteiger partial charge in [0.05, 0.1) is 12.6 Å². The van der Waals surface area contributed by atoms with E-state index in [1.54, 1.807) is 13.8 Å². The number of nitrogens with one attached hydrogen (secondary N) is 3. The van der Waals surface area contributed by atoms with Crippen molar-refractivity contribution in [3.8, 4) is 0 Å². The van der Waals surface area contributed by atoms with E-state index in [4.69, 9.17) is 0 Å². The van der Waals surface area contributed by atoms with Crippen molar-refractivity contribution < 1.29 is 24.3 Å². The van der Waals surface area contributed by atoms with Gasteiger partial charge in [-0.15, -0.1) is 0 Å². The van der Waals surface area contributed by atoms with Gasteiger partial charge in [-0.2, -0.15) is 0 Å². The first kappa shape index (κ1) is 22.0. The van der Waals surface area contributed by atoms with E-state index >= 15 is 0 Å². The van der Waals surface area contributed by atoms with E-state index in [2.05, 4.69) is 16.0 Å². The number of aliphatic hydroxyl groups excluding tert-OH is 1. The summed E-state index contributed by atoms with van der Waals surface area (Å²) in [7, 11) is 0. The monoisotopic (exact) mass is 343 g/mol. The van der Waals surface area contributed by atoms with Crippen LogP contribution in [0, 0.1) is 5.92 Å². The number of aliphatic hydroxyl groups is 1. The molecular weight excluding hydrogens is 314 g/mol. The topological polar surface area (TPSA) is 125 Å². The van der Waals surface area contributed by atoms with Gasteiger partial charge in [-0.25, -0.2) is 0 Å². The number of hydrogen-bond acceptors (Lipinski definition) is 5. The summed E-state index contributed by atoms with van der Waals surface area (Å²) in [5, 5.41) is 16.9. The number of ketones is 1. The lowest BCUT2D eigenvalue weighted by atomic mass is 10.1. The lowest BCUT2D eigenvalue weighted by molar-refractivity contribution is -0.135. The average Bonchev–Trinajstić information content (AvgIpc) is 2.40.